The first-order valence-corrected chi connectivity index (χ1v) is 7.76. The molecule has 0 aromatic carbocycles. The van der Waals surface area contributed by atoms with Gasteiger partial charge in [-0.15, -0.1) is 0 Å². The van der Waals surface area contributed by atoms with Crippen LogP contribution in [0.15, 0.2) is 0 Å². The zero-order valence-electron chi connectivity index (χ0n) is 12.4. The number of rotatable bonds is 6. The maximum atomic E-state index is 11.9. The monoisotopic (exact) mass is 282 g/mol. The molecule has 114 valence electrons. The Bertz CT molecular complexity index is 370. The van der Waals surface area contributed by atoms with Crippen molar-refractivity contribution in [1.29, 1.82) is 0 Å². The number of carboxylic acids is 1. The second-order valence-electron chi connectivity index (χ2n) is 6.66. The molecule has 4 unspecified atom stereocenters. The van der Waals surface area contributed by atoms with E-state index in [0.29, 0.717) is 18.4 Å². The molecule has 5 nitrogen and oxygen atoms in total. The minimum Gasteiger partial charge on any atom is -0.481 e. The molecule has 0 spiro atoms. The fourth-order valence-corrected chi connectivity index (χ4v) is 3.77. The van der Waals surface area contributed by atoms with Gasteiger partial charge in [-0.1, -0.05) is 13.8 Å². The third-order valence-electron chi connectivity index (χ3n) is 4.74. The molecule has 0 aromatic heterocycles. The molecule has 5 heteroatoms. The summed E-state index contributed by atoms with van der Waals surface area (Å²) >= 11 is 0. The fraction of sp³-hybridized carbons (Fsp3) is 0.867. The van der Waals surface area contributed by atoms with Gasteiger partial charge in [0.1, 0.15) is 0 Å². The molecule has 2 aliphatic carbocycles. The van der Waals surface area contributed by atoms with Crippen molar-refractivity contribution in [3.05, 3.63) is 0 Å². The summed E-state index contributed by atoms with van der Waals surface area (Å²) in [6.07, 6.45) is 5.05. The van der Waals surface area contributed by atoms with E-state index in [9.17, 15) is 14.7 Å². The van der Waals surface area contributed by atoms with Gasteiger partial charge in [0.25, 0.3) is 0 Å². The van der Waals surface area contributed by atoms with Gasteiger partial charge in [0.05, 0.1) is 5.92 Å². The number of hydrogen-bond donors (Lipinski definition) is 3. The zero-order valence-corrected chi connectivity index (χ0v) is 12.4. The summed E-state index contributed by atoms with van der Waals surface area (Å²) < 4.78 is 0. The largest absolute Gasteiger partial charge is 0.481 e. The lowest BCUT2D eigenvalue weighted by Gasteiger charge is -2.28. The third kappa shape index (κ3) is 3.44. The predicted molar refractivity (Wildman–Crippen MR) is 76.4 cm³/mol. The van der Waals surface area contributed by atoms with Crippen LogP contribution in [0.25, 0.3) is 0 Å². The van der Waals surface area contributed by atoms with Crippen LogP contribution in [0.4, 0.5) is 4.79 Å². The second-order valence-corrected chi connectivity index (χ2v) is 6.66. The summed E-state index contributed by atoms with van der Waals surface area (Å²) in [6.45, 7) is 4.97. The van der Waals surface area contributed by atoms with Crippen molar-refractivity contribution in [3.8, 4) is 0 Å². The van der Waals surface area contributed by atoms with Gasteiger partial charge in [0, 0.05) is 12.6 Å². The fourth-order valence-electron chi connectivity index (χ4n) is 3.77. The van der Waals surface area contributed by atoms with Crippen molar-refractivity contribution < 1.29 is 14.7 Å². The highest BCUT2D eigenvalue weighted by atomic mass is 16.4. The van der Waals surface area contributed by atoms with E-state index < -0.39 is 11.9 Å². The van der Waals surface area contributed by atoms with Gasteiger partial charge < -0.3 is 15.7 Å². The van der Waals surface area contributed by atoms with Crippen molar-refractivity contribution in [2.75, 3.05) is 6.54 Å². The van der Waals surface area contributed by atoms with E-state index in [-0.39, 0.29) is 18.0 Å². The number of nitrogens with one attached hydrogen (secondary N) is 2. The quantitative estimate of drug-likeness (QED) is 0.654. The summed E-state index contributed by atoms with van der Waals surface area (Å²) in [5.74, 6) is 0.0885. The molecule has 2 bridgehead atoms. The van der Waals surface area contributed by atoms with Gasteiger partial charge >= 0.3 is 12.0 Å². The van der Waals surface area contributed by atoms with Crippen LogP contribution >= 0.6 is 0 Å². The molecule has 2 saturated carbocycles. The average Bonchev–Trinajstić information content (AvgIpc) is 2.94. The predicted octanol–water partition coefficient (Wildman–Crippen LogP) is 2.22. The molecule has 4 atom stereocenters. The maximum absolute atomic E-state index is 11.9. The van der Waals surface area contributed by atoms with Crippen LogP contribution in [0, 0.1) is 23.7 Å². The van der Waals surface area contributed by atoms with Crippen molar-refractivity contribution in [2.45, 2.75) is 52.0 Å². The number of amides is 2. The molecule has 20 heavy (non-hydrogen) atoms. The smallest absolute Gasteiger partial charge is 0.315 e. The number of urea groups is 1. The molecule has 0 heterocycles. The standard InChI is InChI=1S/C15H26N2O3/c1-9(2)4-3-7-16-15(20)17-13-11-6-5-10(8-11)12(13)14(18)19/h9-13H,3-8H2,1-2H3,(H,18,19)(H2,16,17,20). The summed E-state index contributed by atoms with van der Waals surface area (Å²) in [5, 5.41) is 15.1. The Hall–Kier alpha value is -1.26. The van der Waals surface area contributed by atoms with Gasteiger partial charge in [0.2, 0.25) is 0 Å². The van der Waals surface area contributed by atoms with Crippen molar-refractivity contribution >= 4 is 12.0 Å². The van der Waals surface area contributed by atoms with Crippen LogP contribution in [0.5, 0.6) is 0 Å². The normalized spacial score (nSPS) is 31.6. The SMILES string of the molecule is CC(C)CCCNC(=O)NC1C2CCC(C2)C1C(=O)O. The number of aliphatic carboxylic acids is 1. The molecule has 2 fully saturated rings. The number of carbonyl (C=O) groups excluding carboxylic acids is 1. The van der Waals surface area contributed by atoms with E-state index in [0.717, 1.165) is 32.1 Å². The number of carboxylic acid groups (broad SMARTS) is 1. The van der Waals surface area contributed by atoms with Crippen LogP contribution in [0.2, 0.25) is 0 Å². The number of fused-ring (bicyclic) bond motifs is 2. The van der Waals surface area contributed by atoms with Crippen molar-refractivity contribution in [3.63, 3.8) is 0 Å². The molecule has 0 saturated heterocycles. The van der Waals surface area contributed by atoms with Gasteiger partial charge in [-0.05, 0) is 49.9 Å². The van der Waals surface area contributed by atoms with Crippen LogP contribution in [0.1, 0.15) is 46.0 Å². The first-order chi connectivity index (χ1) is 9.49. The van der Waals surface area contributed by atoms with Crippen molar-refractivity contribution in [1.82, 2.24) is 10.6 Å². The van der Waals surface area contributed by atoms with E-state index in [4.69, 9.17) is 0 Å². The molecule has 0 radical (unpaired) electrons. The lowest BCUT2D eigenvalue weighted by molar-refractivity contribution is -0.144. The number of hydrogen-bond acceptors (Lipinski definition) is 2. The van der Waals surface area contributed by atoms with E-state index in [2.05, 4.69) is 24.5 Å². The number of carbonyl (C=O) groups is 2. The highest BCUT2D eigenvalue weighted by Gasteiger charge is 2.51. The lowest BCUT2D eigenvalue weighted by atomic mass is 9.84. The zero-order chi connectivity index (χ0) is 14.7. The Morgan fingerprint density at radius 1 is 1.25 bits per heavy atom. The van der Waals surface area contributed by atoms with Gasteiger partial charge in [-0.2, -0.15) is 0 Å². The molecule has 2 amide bonds. The Morgan fingerprint density at radius 3 is 2.60 bits per heavy atom. The van der Waals surface area contributed by atoms with E-state index >= 15 is 0 Å². The van der Waals surface area contributed by atoms with E-state index in [1.54, 1.807) is 0 Å². The van der Waals surface area contributed by atoms with Gasteiger partial charge in [0.15, 0.2) is 0 Å². The average molecular weight is 282 g/mol. The summed E-state index contributed by atoms with van der Waals surface area (Å²) in [5.41, 5.74) is 0. The molecule has 2 aliphatic rings. The molecule has 2 rings (SSSR count). The molecule has 3 N–H and O–H groups in total. The molecule has 0 aromatic rings. The minimum absolute atomic E-state index is 0.184. The van der Waals surface area contributed by atoms with Crippen LogP contribution in [0.3, 0.4) is 0 Å². The molecule has 0 aliphatic heterocycles. The summed E-state index contributed by atoms with van der Waals surface area (Å²) in [7, 11) is 0. The highest BCUT2D eigenvalue weighted by molar-refractivity contribution is 5.77. The first kappa shape index (κ1) is 15.1. The van der Waals surface area contributed by atoms with Crippen molar-refractivity contribution in [2.24, 2.45) is 23.7 Å². The van der Waals surface area contributed by atoms with Gasteiger partial charge in [-0.25, -0.2) is 4.79 Å². The Morgan fingerprint density at radius 2 is 1.95 bits per heavy atom. The molecular formula is C15H26N2O3. The van der Waals surface area contributed by atoms with E-state index in [1.165, 1.54) is 0 Å². The lowest BCUT2D eigenvalue weighted by Crippen LogP contribution is -2.50. The summed E-state index contributed by atoms with van der Waals surface area (Å²) in [6, 6.07) is -0.395. The topological polar surface area (TPSA) is 78.4 Å². The van der Waals surface area contributed by atoms with Crippen LogP contribution in [-0.4, -0.2) is 29.7 Å². The minimum atomic E-state index is -0.762. The second kappa shape index (κ2) is 6.46. The summed E-state index contributed by atoms with van der Waals surface area (Å²) in [4.78, 5) is 23.2. The highest BCUT2D eigenvalue weighted by Crippen LogP contribution is 2.48. The third-order valence-corrected chi connectivity index (χ3v) is 4.74. The van der Waals surface area contributed by atoms with Crippen LogP contribution in [-0.2, 0) is 4.79 Å². The Balaban J connectivity index is 1.77. The Labute approximate surface area is 120 Å². The maximum Gasteiger partial charge on any atom is 0.315 e. The van der Waals surface area contributed by atoms with E-state index in [1.807, 2.05) is 0 Å². The van der Waals surface area contributed by atoms with Crippen LogP contribution < -0.4 is 10.6 Å². The Kier molecular flexibility index (Phi) is 4.89. The van der Waals surface area contributed by atoms with Gasteiger partial charge in [-0.3, -0.25) is 4.79 Å². The first-order valence-electron chi connectivity index (χ1n) is 7.76. The molecular weight excluding hydrogens is 256 g/mol.